The summed E-state index contributed by atoms with van der Waals surface area (Å²) in [6.45, 7) is 1.77. The lowest BCUT2D eigenvalue weighted by atomic mass is 10.1. The number of aliphatic carboxylic acids is 1. The number of carbonyl (C=O) groups is 3. The predicted octanol–water partition coefficient (Wildman–Crippen LogP) is -0.000400. The highest BCUT2D eigenvalue weighted by molar-refractivity contribution is 5.89. The summed E-state index contributed by atoms with van der Waals surface area (Å²) in [7, 11) is 0. The molecule has 1 rings (SSSR count). The zero-order valence-corrected chi connectivity index (χ0v) is 12.4. The number of primary amides is 1. The van der Waals surface area contributed by atoms with Gasteiger partial charge in [0.1, 0.15) is 7.45 Å². The highest BCUT2D eigenvalue weighted by Crippen LogP contribution is 2.00. The average molecular weight is 308 g/mol. The molecule has 22 heavy (non-hydrogen) atoms. The number of amides is 2. The monoisotopic (exact) mass is 308 g/mol. The average Bonchev–Trinajstić information content (AvgIpc) is 2.50. The normalized spacial score (nSPS) is 14.0. The molecule has 0 radical (unpaired) electrons. The number of hydrogen-bond acceptors (Lipinski definition) is 4. The van der Waals surface area contributed by atoms with Crippen LogP contribution in [0.4, 0.5) is 0 Å². The van der Waals surface area contributed by atoms with E-state index < -0.39 is 29.9 Å². The van der Waals surface area contributed by atoms with Crippen LogP contribution in [0.2, 0.25) is 1.41 Å². The lowest BCUT2D eigenvalue weighted by Gasteiger charge is -2.19. The molecular weight excluding hydrogens is 286 g/mol. The highest BCUT2D eigenvalue weighted by Gasteiger charge is 2.22. The summed E-state index contributed by atoms with van der Waals surface area (Å²) in [4.78, 5) is 33.9. The Morgan fingerprint density at radius 1 is 1.32 bits per heavy atom. The second kappa shape index (κ2) is 8.78. The van der Waals surface area contributed by atoms with E-state index in [1.165, 1.54) is 6.92 Å². The Morgan fingerprint density at radius 3 is 2.50 bits per heavy atom. The maximum Gasteiger partial charge on any atom is 0.303 e. The summed E-state index contributed by atoms with van der Waals surface area (Å²) < 4.78 is 7.93. The summed E-state index contributed by atoms with van der Waals surface area (Å²) >= 11 is 0. The van der Waals surface area contributed by atoms with Gasteiger partial charge in [-0.3, -0.25) is 14.4 Å². The van der Waals surface area contributed by atoms with Gasteiger partial charge >= 0.3 is 5.97 Å². The predicted molar refractivity (Wildman–Crippen MR) is 80.7 cm³/mol. The smallest absolute Gasteiger partial charge is 0.303 e. The third-order valence-electron chi connectivity index (χ3n) is 3.08. The van der Waals surface area contributed by atoms with E-state index in [1.807, 2.05) is 30.3 Å². The van der Waals surface area contributed by atoms with Gasteiger partial charge in [-0.05, 0) is 18.9 Å². The molecule has 1 aromatic rings. The summed E-state index contributed by atoms with van der Waals surface area (Å²) in [6.07, 6.45) is -0.364. The molecule has 2 amide bonds. The molecule has 7 heteroatoms. The van der Waals surface area contributed by atoms with Gasteiger partial charge in [-0.1, -0.05) is 30.3 Å². The first-order chi connectivity index (χ1) is 10.8. The van der Waals surface area contributed by atoms with E-state index in [2.05, 4.69) is 5.32 Å². The molecule has 0 aliphatic heterocycles. The zero-order valence-electron chi connectivity index (χ0n) is 13.4. The number of nitrogens with two attached hydrogens (primary N) is 1. The minimum absolute atomic E-state index is 0.0835. The van der Waals surface area contributed by atoms with Crippen LogP contribution in [0.1, 0.15) is 25.3 Å². The molecule has 120 valence electrons. The van der Waals surface area contributed by atoms with Crippen molar-refractivity contribution in [1.29, 1.82) is 0 Å². The second-order valence-electron chi connectivity index (χ2n) is 4.90. The van der Waals surface area contributed by atoms with Crippen LogP contribution in [0.15, 0.2) is 30.3 Å². The molecular formula is C15H21N3O4. The molecule has 5 N–H and O–H groups in total. The molecule has 2 atom stereocenters. The van der Waals surface area contributed by atoms with Crippen LogP contribution in [-0.2, 0) is 20.9 Å². The molecule has 0 unspecified atom stereocenters. The van der Waals surface area contributed by atoms with Crippen molar-refractivity contribution in [1.82, 2.24) is 10.6 Å². The Bertz CT molecular complexity index is 553. The van der Waals surface area contributed by atoms with Crippen LogP contribution in [0, 0.1) is 0 Å². The minimum atomic E-state index is -1.08. The van der Waals surface area contributed by atoms with Gasteiger partial charge in [0.2, 0.25) is 11.8 Å². The van der Waals surface area contributed by atoms with Crippen molar-refractivity contribution < 1.29 is 20.9 Å². The molecule has 0 aliphatic rings. The van der Waals surface area contributed by atoms with Crippen LogP contribution < -0.4 is 16.4 Å². The van der Waals surface area contributed by atoms with Gasteiger partial charge in [-0.15, -0.1) is 0 Å². The van der Waals surface area contributed by atoms with Crippen molar-refractivity contribution in [3.8, 4) is 0 Å². The van der Waals surface area contributed by atoms with Gasteiger partial charge in [-0.2, -0.15) is 0 Å². The maximum atomic E-state index is 12.1. The van der Waals surface area contributed by atoms with E-state index in [1.54, 1.807) is 0 Å². The number of carbonyl (C=O) groups excluding carboxylic acids is 2. The molecule has 1 aromatic carbocycles. The number of carboxylic acid groups (broad SMARTS) is 1. The van der Waals surface area contributed by atoms with E-state index in [0.29, 0.717) is 0 Å². The Kier molecular flexibility index (Phi) is 6.38. The van der Waals surface area contributed by atoms with Crippen molar-refractivity contribution in [2.45, 2.75) is 38.4 Å². The summed E-state index contributed by atoms with van der Waals surface area (Å²) in [6, 6.07) is 7.32. The first kappa shape index (κ1) is 16.0. The van der Waals surface area contributed by atoms with E-state index in [9.17, 15) is 14.4 Å². The standard InChI is InChI=1S/C15H21N3O4/c1-10(17-9-11-5-3-2-4-6-11)15(22)18-12(14(16)21)7-8-13(19)20/h2-6,10,12,17H,7-9H2,1H3,(H2,16,21)(H,18,22)(H,19,20)/t10-,12-/m0/s1/i/hD. The lowest BCUT2D eigenvalue weighted by Crippen LogP contribution is -2.50. The molecule has 0 heterocycles. The fraction of sp³-hybridized carbons (Fsp3) is 0.400. The number of rotatable bonds is 9. The van der Waals surface area contributed by atoms with E-state index in [0.717, 1.165) is 10.9 Å². The fourth-order valence-corrected chi connectivity index (χ4v) is 1.75. The third kappa shape index (κ3) is 6.36. The van der Waals surface area contributed by atoms with Crippen molar-refractivity contribution in [2.75, 3.05) is 0 Å². The van der Waals surface area contributed by atoms with Crippen LogP contribution in [0.5, 0.6) is 0 Å². The van der Waals surface area contributed by atoms with Gasteiger partial charge in [0, 0.05) is 13.0 Å². The van der Waals surface area contributed by atoms with E-state index >= 15 is 0 Å². The van der Waals surface area contributed by atoms with Crippen LogP contribution in [0.3, 0.4) is 0 Å². The largest absolute Gasteiger partial charge is 0.481 e. The molecule has 0 aromatic heterocycles. The third-order valence-corrected chi connectivity index (χ3v) is 3.08. The molecule has 0 fully saturated rings. The Morgan fingerprint density at radius 2 is 1.95 bits per heavy atom. The second-order valence-corrected chi connectivity index (χ2v) is 4.90. The summed E-state index contributed by atoms with van der Waals surface area (Å²) in [5, 5.41) is 12.1. The van der Waals surface area contributed by atoms with Crippen molar-refractivity contribution in [3.63, 3.8) is 0 Å². The van der Waals surface area contributed by atoms with Crippen molar-refractivity contribution >= 4 is 17.8 Å². The quantitative estimate of drug-likeness (QED) is 0.511. The summed E-state index contributed by atoms with van der Waals surface area (Å²) in [5.41, 5.74) is 6.04. The molecule has 0 spiro atoms. The maximum absolute atomic E-state index is 12.1. The van der Waals surface area contributed by atoms with Gasteiger partial charge in [0.15, 0.2) is 0 Å². The Balaban J connectivity index is 2.59. The number of hydrogen-bond donors (Lipinski definition) is 4. The van der Waals surface area contributed by atoms with Gasteiger partial charge in [0.05, 0.1) is 6.04 Å². The van der Waals surface area contributed by atoms with E-state index in [-0.39, 0.29) is 19.4 Å². The number of nitrogens with one attached hydrogen (secondary N) is 2. The Hall–Kier alpha value is -2.41. The fourth-order valence-electron chi connectivity index (χ4n) is 1.75. The van der Waals surface area contributed by atoms with Crippen LogP contribution >= 0.6 is 0 Å². The van der Waals surface area contributed by atoms with Crippen LogP contribution in [-0.4, -0.2) is 35.0 Å². The lowest BCUT2D eigenvalue weighted by molar-refractivity contribution is -0.137. The van der Waals surface area contributed by atoms with Crippen molar-refractivity contribution in [3.05, 3.63) is 35.9 Å². The Labute approximate surface area is 130 Å². The topological polar surface area (TPSA) is 122 Å². The number of carboxylic acids is 1. The molecule has 0 saturated heterocycles. The van der Waals surface area contributed by atoms with Crippen LogP contribution in [0.25, 0.3) is 0 Å². The van der Waals surface area contributed by atoms with E-state index in [4.69, 9.17) is 12.3 Å². The van der Waals surface area contributed by atoms with Gasteiger partial charge < -0.3 is 21.5 Å². The SMILES string of the molecule is [2H]N(Cc1ccccc1)[C@@H](C)C(=O)N[C@@H](CCC(=O)O)C(N)=O. The highest BCUT2D eigenvalue weighted by atomic mass is 16.4. The molecule has 0 saturated carbocycles. The minimum Gasteiger partial charge on any atom is -0.481 e. The molecule has 7 nitrogen and oxygen atoms in total. The zero-order chi connectivity index (χ0) is 17.4. The number of benzene rings is 1. The summed E-state index contributed by atoms with van der Waals surface area (Å²) in [5.74, 6) is -2.43. The molecule has 0 aliphatic carbocycles. The molecule has 0 bridgehead atoms. The van der Waals surface area contributed by atoms with Gasteiger partial charge in [-0.25, -0.2) is 0 Å². The first-order valence-corrected chi connectivity index (χ1v) is 6.92. The van der Waals surface area contributed by atoms with Crippen molar-refractivity contribution in [2.24, 2.45) is 5.73 Å². The van der Waals surface area contributed by atoms with Gasteiger partial charge in [0.25, 0.3) is 0 Å². The first-order valence-electron chi connectivity index (χ1n) is 7.37.